The summed E-state index contributed by atoms with van der Waals surface area (Å²) in [6.07, 6.45) is 3.58. The van der Waals surface area contributed by atoms with E-state index in [0.717, 1.165) is 12.0 Å². The van der Waals surface area contributed by atoms with Crippen LogP contribution in [-0.4, -0.2) is 36.9 Å². The summed E-state index contributed by atoms with van der Waals surface area (Å²) < 4.78 is 11.2. The van der Waals surface area contributed by atoms with E-state index in [1.54, 1.807) is 7.11 Å². The van der Waals surface area contributed by atoms with E-state index in [4.69, 9.17) is 14.6 Å². The molecule has 0 bridgehead atoms. The molecule has 0 heterocycles. The number of rotatable bonds is 9. The number of aliphatic carboxylic acids is 1. The van der Waals surface area contributed by atoms with Crippen LogP contribution in [0.3, 0.4) is 0 Å². The van der Waals surface area contributed by atoms with Gasteiger partial charge in [-0.05, 0) is 55.7 Å². The fraction of sp³-hybridized carbons (Fsp3) is 0.619. The molecule has 0 saturated heterocycles. The standard InChI is InChI=1S/C21H32N2O5/c1-14(2)10-11-28-18-9-4-15(12-19(18)27-3)13-22-21(26)23-17-7-5-16(6-8-17)20(24)25/h4,9,12,14,16-17H,5-8,10-11,13H2,1-3H3,(H,24,25)(H2,22,23,26). The van der Waals surface area contributed by atoms with Crippen LogP contribution in [-0.2, 0) is 11.3 Å². The Kier molecular flexibility index (Phi) is 8.42. The number of nitrogens with one attached hydrogen (secondary N) is 2. The third-order valence-corrected chi connectivity index (χ3v) is 5.05. The van der Waals surface area contributed by atoms with E-state index in [1.165, 1.54) is 0 Å². The second kappa shape index (κ2) is 10.8. The third-order valence-electron chi connectivity index (χ3n) is 5.05. The number of carboxylic acid groups (broad SMARTS) is 1. The van der Waals surface area contributed by atoms with E-state index < -0.39 is 5.97 Å². The van der Waals surface area contributed by atoms with E-state index in [9.17, 15) is 9.59 Å². The van der Waals surface area contributed by atoms with Crippen molar-refractivity contribution in [2.45, 2.75) is 58.5 Å². The Morgan fingerprint density at radius 3 is 2.50 bits per heavy atom. The van der Waals surface area contributed by atoms with Gasteiger partial charge in [0.25, 0.3) is 0 Å². The lowest BCUT2D eigenvalue weighted by Crippen LogP contribution is -2.43. The predicted molar refractivity (Wildman–Crippen MR) is 107 cm³/mol. The maximum atomic E-state index is 12.1. The maximum Gasteiger partial charge on any atom is 0.315 e. The van der Waals surface area contributed by atoms with Crippen molar-refractivity contribution < 1.29 is 24.2 Å². The normalized spacial score (nSPS) is 19.1. The summed E-state index contributed by atoms with van der Waals surface area (Å²) in [6, 6.07) is 5.42. The van der Waals surface area contributed by atoms with Crippen molar-refractivity contribution >= 4 is 12.0 Å². The fourth-order valence-electron chi connectivity index (χ4n) is 3.25. The number of carbonyl (C=O) groups is 2. The Hall–Kier alpha value is -2.44. The molecule has 1 aromatic carbocycles. The molecule has 1 aromatic rings. The lowest BCUT2D eigenvalue weighted by molar-refractivity contribution is -0.142. The topological polar surface area (TPSA) is 96.9 Å². The van der Waals surface area contributed by atoms with Crippen LogP contribution >= 0.6 is 0 Å². The largest absolute Gasteiger partial charge is 0.493 e. The molecule has 0 atom stereocenters. The number of hydrogen-bond donors (Lipinski definition) is 3. The van der Waals surface area contributed by atoms with E-state index in [0.29, 0.717) is 56.3 Å². The zero-order chi connectivity index (χ0) is 20.5. The van der Waals surface area contributed by atoms with Crippen molar-refractivity contribution in [2.24, 2.45) is 11.8 Å². The Bertz CT molecular complexity index is 654. The summed E-state index contributed by atoms with van der Waals surface area (Å²) in [5, 5.41) is 14.8. The van der Waals surface area contributed by atoms with Crippen molar-refractivity contribution in [3.8, 4) is 11.5 Å². The molecule has 2 rings (SSSR count). The van der Waals surface area contributed by atoms with Crippen molar-refractivity contribution in [2.75, 3.05) is 13.7 Å². The highest BCUT2D eigenvalue weighted by atomic mass is 16.5. The van der Waals surface area contributed by atoms with Crippen LogP contribution in [0.25, 0.3) is 0 Å². The molecule has 7 heteroatoms. The van der Waals surface area contributed by atoms with Gasteiger partial charge in [-0.1, -0.05) is 19.9 Å². The molecule has 3 N–H and O–H groups in total. The van der Waals surface area contributed by atoms with Gasteiger partial charge in [-0.2, -0.15) is 0 Å². The zero-order valence-electron chi connectivity index (χ0n) is 17.0. The summed E-state index contributed by atoms with van der Waals surface area (Å²) in [4.78, 5) is 23.1. The summed E-state index contributed by atoms with van der Waals surface area (Å²) in [5.74, 6) is 0.900. The number of amides is 2. The second-order valence-corrected chi connectivity index (χ2v) is 7.73. The van der Waals surface area contributed by atoms with Crippen LogP contribution in [0.15, 0.2) is 18.2 Å². The molecule has 0 spiro atoms. The van der Waals surface area contributed by atoms with Gasteiger partial charge in [-0.25, -0.2) is 4.79 Å². The fourth-order valence-corrected chi connectivity index (χ4v) is 3.25. The van der Waals surface area contributed by atoms with Crippen LogP contribution < -0.4 is 20.1 Å². The number of hydrogen-bond acceptors (Lipinski definition) is 4. The van der Waals surface area contributed by atoms with Crippen LogP contribution in [0.2, 0.25) is 0 Å². The van der Waals surface area contributed by atoms with Crippen molar-refractivity contribution in [1.82, 2.24) is 10.6 Å². The van der Waals surface area contributed by atoms with Gasteiger partial charge in [0.2, 0.25) is 0 Å². The molecule has 1 aliphatic rings. The van der Waals surface area contributed by atoms with Crippen LogP contribution in [0.4, 0.5) is 4.79 Å². The van der Waals surface area contributed by atoms with E-state index in [-0.39, 0.29) is 18.0 Å². The first-order valence-electron chi connectivity index (χ1n) is 9.96. The molecule has 0 radical (unpaired) electrons. The van der Waals surface area contributed by atoms with Gasteiger partial charge in [0.15, 0.2) is 11.5 Å². The van der Waals surface area contributed by atoms with E-state index in [2.05, 4.69) is 24.5 Å². The molecule has 0 aromatic heterocycles. The molecular formula is C21H32N2O5. The van der Waals surface area contributed by atoms with Crippen molar-refractivity contribution in [3.05, 3.63) is 23.8 Å². The van der Waals surface area contributed by atoms with Gasteiger partial charge in [0.05, 0.1) is 19.6 Å². The number of urea groups is 1. The first-order valence-corrected chi connectivity index (χ1v) is 9.96. The average Bonchev–Trinajstić information content (AvgIpc) is 2.67. The minimum atomic E-state index is -0.742. The lowest BCUT2D eigenvalue weighted by Gasteiger charge is -2.26. The summed E-state index contributed by atoms with van der Waals surface area (Å²) >= 11 is 0. The highest BCUT2D eigenvalue weighted by molar-refractivity contribution is 5.74. The first-order chi connectivity index (χ1) is 13.4. The maximum absolute atomic E-state index is 12.1. The molecule has 0 unspecified atom stereocenters. The summed E-state index contributed by atoms with van der Waals surface area (Å²) in [6.45, 7) is 5.31. The average molecular weight is 392 g/mol. The molecule has 0 aliphatic heterocycles. The quantitative estimate of drug-likeness (QED) is 0.597. The van der Waals surface area contributed by atoms with Crippen molar-refractivity contribution in [3.63, 3.8) is 0 Å². The minimum Gasteiger partial charge on any atom is -0.493 e. The van der Waals surface area contributed by atoms with Crippen LogP contribution in [0.1, 0.15) is 51.5 Å². The number of carboxylic acids is 1. The van der Waals surface area contributed by atoms with E-state index >= 15 is 0 Å². The number of methoxy groups -OCH3 is 1. The Morgan fingerprint density at radius 1 is 1.18 bits per heavy atom. The van der Waals surface area contributed by atoms with Gasteiger partial charge < -0.3 is 25.2 Å². The molecule has 28 heavy (non-hydrogen) atoms. The number of ether oxygens (including phenoxy) is 2. The SMILES string of the molecule is COc1cc(CNC(=O)NC2CCC(C(=O)O)CC2)ccc1OCCC(C)C. The minimum absolute atomic E-state index is 0.0295. The summed E-state index contributed by atoms with van der Waals surface area (Å²) in [5.41, 5.74) is 0.915. The molecule has 1 aliphatic carbocycles. The Labute approximate surface area is 166 Å². The van der Waals surface area contributed by atoms with Gasteiger partial charge in [-0.3, -0.25) is 4.79 Å². The lowest BCUT2D eigenvalue weighted by atomic mass is 9.86. The van der Waals surface area contributed by atoms with Crippen LogP contribution in [0.5, 0.6) is 11.5 Å². The predicted octanol–water partition coefficient (Wildman–Crippen LogP) is 3.56. The third kappa shape index (κ3) is 6.94. The van der Waals surface area contributed by atoms with Gasteiger partial charge in [-0.15, -0.1) is 0 Å². The molecule has 1 fully saturated rings. The van der Waals surface area contributed by atoms with E-state index in [1.807, 2.05) is 18.2 Å². The molecular weight excluding hydrogens is 360 g/mol. The van der Waals surface area contributed by atoms with Gasteiger partial charge in [0, 0.05) is 12.6 Å². The molecule has 7 nitrogen and oxygen atoms in total. The number of benzene rings is 1. The monoisotopic (exact) mass is 392 g/mol. The van der Waals surface area contributed by atoms with Gasteiger partial charge in [0.1, 0.15) is 0 Å². The molecule has 156 valence electrons. The highest BCUT2D eigenvalue weighted by Crippen LogP contribution is 2.28. The molecule has 2 amide bonds. The Morgan fingerprint density at radius 2 is 1.89 bits per heavy atom. The number of carbonyl (C=O) groups excluding carboxylic acids is 1. The highest BCUT2D eigenvalue weighted by Gasteiger charge is 2.26. The Balaban J connectivity index is 1.78. The van der Waals surface area contributed by atoms with Crippen LogP contribution in [0, 0.1) is 11.8 Å². The summed E-state index contributed by atoms with van der Waals surface area (Å²) in [7, 11) is 1.60. The second-order valence-electron chi connectivity index (χ2n) is 7.73. The van der Waals surface area contributed by atoms with Gasteiger partial charge >= 0.3 is 12.0 Å². The molecule has 1 saturated carbocycles. The zero-order valence-corrected chi connectivity index (χ0v) is 17.0. The van der Waals surface area contributed by atoms with Crippen molar-refractivity contribution in [1.29, 1.82) is 0 Å². The smallest absolute Gasteiger partial charge is 0.315 e. The first kappa shape index (κ1) is 21.9.